The topological polar surface area (TPSA) is 45.7 Å². The molecule has 0 bridgehead atoms. The molecule has 7 heteroatoms. The second-order valence-electron chi connectivity index (χ2n) is 6.10. The Labute approximate surface area is 161 Å². The molecule has 0 aliphatic rings. The van der Waals surface area contributed by atoms with E-state index in [1.807, 2.05) is 37.2 Å². The van der Waals surface area contributed by atoms with E-state index in [2.05, 4.69) is 4.98 Å². The molecule has 1 heterocycles. The molecule has 136 valence electrons. The molecule has 3 rings (SSSR count). The Morgan fingerprint density at radius 3 is 2.54 bits per heavy atom. The SMILES string of the molecule is COc1ccc(C(=O)N(CCN(C)C)c2nc3ccc(Cl)cc3s2)cc1. The second-order valence-corrected chi connectivity index (χ2v) is 7.54. The Balaban J connectivity index is 1.95. The summed E-state index contributed by atoms with van der Waals surface area (Å²) in [6.07, 6.45) is 0. The van der Waals surface area contributed by atoms with Gasteiger partial charge in [-0.3, -0.25) is 9.69 Å². The van der Waals surface area contributed by atoms with Gasteiger partial charge in [0.15, 0.2) is 5.13 Å². The van der Waals surface area contributed by atoms with Crippen LogP contribution in [0, 0.1) is 0 Å². The Bertz CT molecular complexity index is 909. The molecular weight excluding hydrogens is 370 g/mol. The second kappa shape index (κ2) is 8.03. The average molecular weight is 390 g/mol. The van der Waals surface area contributed by atoms with Crippen molar-refractivity contribution in [2.75, 3.05) is 39.2 Å². The summed E-state index contributed by atoms with van der Waals surface area (Å²) in [4.78, 5) is 21.5. The van der Waals surface area contributed by atoms with E-state index in [9.17, 15) is 4.79 Å². The van der Waals surface area contributed by atoms with Crippen molar-refractivity contribution in [3.63, 3.8) is 0 Å². The number of aromatic nitrogens is 1. The number of amides is 1. The number of anilines is 1. The van der Waals surface area contributed by atoms with Crippen LogP contribution in [-0.2, 0) is 0 Å². The van der Waals surface area contributed by atoms with Crippen LogP contribution in [0.15, 0.2) is 42.5 Å². The first-order valence-corrected chi connectivity index (χ1v) is 9.34. The molecule has 0 aliphatic carbocycles. The number of fused-ring (bicyclic) bond motifs is 1. The van der Waals surface area contributed by atoms with Crippen molar-refractivity contribution in [3.8, 4) is 5.75 Å². The summed E-state index contributed by atoms with van der Waals surface area (Å²) in [7, 11) is 5.56. The number of rotatable bonds is 6. The van der Waals surface area contributed by atoms with E-state index < -0.39 is 0 Å². The highest BCUT2D eigenvalue weighted by atomic mass is 35.5. The molecule has 0 atom stereocenters. The molecule has 0 N–H and O–H groups in total. The van der Waals surface area contributed by atoms with E-state index in [1.54, 1.807) is 36.3 Å². The molecule has 1 aromatic heterocycles. The van der Waals surface area contributed by atoms with Crippen molar-refractivity contribution in [2.24, 2.45) is 0 Å². The molecule has 3 aromatic rings. The molecule has 0 saturated carbocycles. The van der Waals surface area contributed by atoms with Gasteiger partial charge < -0.3 is 9.64 Å². The smallest absolute Gasteiger partial charge is 0.260 e. The number of hydrogen-bond donors (Lipinski definition) is 0. The van der Waals surface area contributed by atoms with Gasteiger partial charge in [-0.1, -0.05) is 22.9 Å². The van der Waals surface area contributed by atoms with Gasteiger partial charge >= 0.3 is 0 Å². The zero-order valence-electron chi connectivity index (χ0n) is 14.9. The lowest BCUT2D eigenvalue weighted by molar-refractivity contribution is 0.0985. The normalized spacial score (nSPS) is 11.1. The minimum Gasteiger partial charge on any atom is -0.497 e. The predicted molar refractivity (Wildman–Crippen MR) is 108 cm³/mol. The number of benzene rings is 2. The number of likely N-dealkylation sites (N-methyl/N-ethyl adjacent to an activating group) is 1. The van der Waals surface area contributed by atoms with Gasteiger partial charge in [-0.25, -0.2) is 4.98 Å². The lowest BCUT2D eigenvalue weighted by Crippen LogP contribution is -2.36. The number of nitrogens with zero attached hydrogens (tertiary/aromatic N) is 3. The van der Waals surface area contributed by atoms with Crippen LogP contribution < -0.4 is 9.64 Å². The van der Waals surface area contributed by atoms with E-state index in [0.29, 0.717) is 22.3 Å². The average Bonchev–Trinajstić information content (AvgIpc) is 3.04. The first kappa shape index (κ1) is 18.6. The Hall–Kier alpha value is -2.15. The van der Waals surface area contributed by atoms with Gasteiger partial charge in [0.25, 0.3) is 5.91 Å². The Kier molecular flexibility index (Phi) is 5.76. The van der Waals surface area contributed by atoms with Crippen molar-refractivity contribution in [3.05, 3.63) is 53.1 Å². The molecule has 0 spiro atoms. The van der Waals surface area contributed by atoms with E-state index in [-0.39, 0.29) is 5.91 Å². The molecule has 1 amide bonds. The molecule has 0 aliphatic heterocycles. The first-order chi connectivity index (χ1) is 12.5. The van der Waals surface area contributed by atoms with E-state index >= 15 is 0 Å². The van der Waals surface area contributed by atoms with Gasteiger partial charge in [0.05, 0.1) is 17.3 Å². The number of thiazole rings is 1. The summed E-state index contributed by atoms with van der Waals surface area (Å²) >= 11 is 7.55. The summed E-state index contributed by atoms with van der Waals surface area (Å²) in [5.41, 5.74) is 1.44. The Morgan fingerprint density at radius 1 is 1.15 bits per heavy atom. The van der Waals surface area contributed by atoms with Crippen LogP contribution in [0.1, 0.15) is 10.4 Å². The van der Waals surface area contributed by atoms with E-state index in [0.717, 1.165) is 22.5 Å². The number of hydrogen-bond acceptors (Lipinski definition) is 5. The number of halogens is 1. The van der Waals surface area contributed by atoms with Gasteiger partial charge in [0, 0.05) is 23.7 Å². The summed E-state index contributed by atoms with van der Waals surface area (Å²) in [6, 6.07) is 12.7. The summed E-state index contributed by atoms with van der Waals surface area (Å²) in [5.74, 6) is 0.635. The Morgan fingerprint density at radius 2 is 1.88 bits per heavy atom. The molecular formula is C19H20ClN3O2S. The number of carbonyl (C=O) groups excluding carboxylic acids is 1. The highest BCUT2D eigenvalue weighted by Gasteiger charge is 2.21. The van der Waals surface area contributed by atoms with Crippen molar-refractivity contribution >= 4 is 44.2 Å². The third-order valence-electron chi connectivity index (χ3n) is 3.92. The van der Waals surface area contributed by atoms with Crippen molar-refractivity contribution in [1.82, 2.24) is 9.88 Å². The lowest BCUT2D eigenvalue weighted by atomic mass is 10.2. The zero-order valence-corrected chi connectivity index (χ0v) is 16.5. The maximum atomic E-state index is 13.1. The van der Waals surface area contributed by atoms with Gasteiger partial charge in [0.2, 0.25) is 0 Å². The highest BCUT2D eigenvalue weighted by Crippen LogP contribution is 2.31. The van der Waals surface area contributed by atoms with Crippen LogP contribution in [0.2, 0.25) is 5.02 Å². The van der Waals surface area contributed by atoms with Crippen LogP contribution in [0.4, 0.5) is 5.13 Å². The van der Waals surface area contributed by atoms with Gasteiger partial charge in [0.1, 0.15) is 5.75 Å². The third-order valence-corrected chi connectivity index (χ3v) is 5.20. The minimum absolute atomic E-state index is 0.0837. The third kappa shape index (κ3) is 4.15. The van der Waals surface area contributed by atoms with Gasteiger partial charge in [-0.05, 0) is 56.6 Å². The largest absolute Gasteiger partial charge is 0.497 e. The standard InChI is InChI=1S/C19H20ClN3O2S/c1-22(2)10-11-23(18(24)13-4-7-15(25-3)8-5-13)19-21-16-9-6-14(20)12-17(16)26-19/h4-9,12H,10-11H2,1-3H3. The fourth-order valence-electron chi connectivity index (χ4n) is 2.48. The maximum Gasteiger partial charge on any atom is 0.260 e. The summed E-state index contributed by atoms with van der Waals surface area (Å²) in [6.45, 7) is 1.28. The van der Waals surface area contributed by atoms with Crippen LogP contribution in [0.25, 0.3) is 10.2 Å². The van der Waals surface area contributed by atoms with Gasteiger partial charge in [-0.2, -0.15) is 0 Å². The van der Waals surface area contributed by atoms with Crippen LogP contribution in [0.3, 0.4) is 0 Å². The van der Waals surface area contributed by atoms with Crippen LogP contribution in [0.5, 0.6) is 5.75 Å². The number of carbonyl (C=O) groups is 1. The van der Waals surface area contributed by atoms with Gasteiger partial charge in [-0.15, -0.1) is 0 Å². The van der Waals surface area contributed by atoms with Crippen LogP contribution in [-0.4, -0.2) is 50.1 Å². The number of ether oxygens (including phenoxy) is 1. The zero-order chi connectivity index (χ0) is 18.7. The molecule has 26 heavy (non-hydrogen) atoms. The van der Waals surface area contributed by atoms with Crippen molar-refractivity contribution < 1.29 is 9.53 Å². The molecule has 0 radical (unpaired) electrons. The number of methoxy groups -OCH3 is 1. The van der Waals surface area contributed by atoms with E-state index in [4.69, 9.17) is 16.3 Å². The molecule has 0 fully saturated rings. The highest BCUT2D eigenvalue weighted by molar-refractivity contribution is 7.22. The lowest BCUT2D eigenvalue weighted by Gasteiger charge is -2.22. The molecule has 2 aromatic carbocycles. The fraction of sp³-hybridized carbons (Fsp3) is 0.263. The monoisotopic (exact) mass is 389 g/mol. The quantitative estimate of drug-likeness (QED) is 0.634. The minimum atomic E-state index is -0.0837. The van der Waals surface area contributed by atoms with Crippen molar-refractivity contribution in [2.45, 2.75) is 0 Å². The first-order valence-electron chi connectivity index (χ1n) is 8.14. The molecule has 0 saturated heterocycles. The summed E-state index contributed by atoms with van der Waals surface area (Å²) in [5, 5.41) is 1.33. The molecule has 0 unspecified atom stereocenters. The van der Waals surface area contributed by atoms with Crippen LogP contribution >= 0.6 is 22.9 Å². The predicted octanol–water partition coefficient (Wildman–Crippen LogP) is 4.17. The van der Waals surface area contributed by atoms with E-state index in [1.165, 1.54) is 11.3 Å². The fourth-order valence-corrected chi connectivity index (χ4v) is 3.74. The molecule has 5 nitrogen and oxygen atoms in total. The maximum absolute atomic E-state index is 13.1. The van der Waals surface area contributed by atoms with Crippen molar-refractivity contribution in [1.29, 1.82) is 0 Å². The summed E-state index contributed by atoms with van der Waals surface area (Å²) < 4.78 is 6.13.